The zero-order valence-electron chi connectivity index (χ0n) is 14.7. The molecule has 5 rings (SSSR count). The van der Waals surface area contributed by atoms with E-state index in [2.05, 4.69) is 10.2 Å². The maximum atomic E-state index is 14.2. The van der Waals surface area contributed by atoms with Crippen LogP contribution in [0.1, 0.15) is 6.42 Å². The summed E-state index contributed by atoms with van der Waals surface area (Å²) in [5.41, 5.74) is 9.11. The number of hydrogen-bond donors (Lipinski definition) is 1. The molecule has 2 atom stereocenters. The fourth-order valence-corrected chi connectivity index (χ4v) is 3.67. The molecule has 136 valence electrons. The summed E-state index contributed by atoms with van der Waals surface area (Å²) in [4.78, 5) is 6.91. The first-order chi connectivity index (χ1) is 13.2. The number of para-hydroxylation sites is 1. The van der Waals surface area contributed by atoms with Crippen LogP contribution in [0, 0.1) is 0 Å². The Kier molecular flexibility index (Phi) is 3.75. The third-order valence-electron chi connectivity index (χ3n) is 5.17. The fourth-order valence-electron chi connectivity index (χ4n) is 3.67. The lowest BCUT2D eigenvalue weighted by molar-refractivity contribution is 0.251. The lowest BCUT2D eigenvalue weighted by Gasteiger charge is -2.34. The van der Waals surface area contributed by atoms with E-state index in [9.17, 15) is 4.39 Å². The van der Waals surface area contributed by atoms with Crippen molar-refractivity contribution in [1.82, 2.24) is 19.6 Å². The number of nitrogens with two attached hydrogens (primary N) is 1. The van der Waals surface area contributed by atoms with E-state index in [0.29, 0.717) is 18.8 Å². The van der Waals surface area contributed by atoms with Gasteiger partial charge in [0.05, 0.1) is 17.7 Å². The highest BCUT2D eigenvalue weighted by Crippen LogP contribution is 2.30. The van der Waals surface area contributed by atoms with E-state index in [1.54, 1.807) is 0 Å². The van der Waals surface area contributed by atoms with Gasteiger partial charge in [0.1, 0.15) is 11.9 Å². The standard InChI is InChI=1S/C20H19FN6/c21-14-12-26(11-9-15(14)22)17-5-3-4-13-7-8-16(23-19(13)17)20-25-24-18-6-1-2-10-27(18)20/h1-8,10,14-15H,9,11-12,22H2/t14-,15+/m0/s1. The molecule has 3 aromatic heterocycles. The van der Waals surface area contributed by atoms with Crippen molar-refractivity contribution >= 4 is 22.2 Å². The Morgan fingerprint density at radius 1 is 1.04 bits per heavy atom. The van der Waals surface area contributed by atoms with Crippen LogP contribution in [0.5, 0.6) is 0 Å². The SMILES string of the molecule is N[C@@H]1CCN(c2cccc3ccc(-c4nnc5ccccn45)nc23)C[C@@H]1F. The molecule has 0 aliphatic carbocycles. The van der Waals surface area contributed by atoms with Gasteiger partial charge in [0, 0.05) is 24.2 Å². The van der Waals surface area contributed by atoms with Crippen molar-refractivity contribution in [3.05, 3.63) is 54.7 Å². The summed E-state index contributed by atoms with van der Waals surface area (Å²) in [6.07, 6.45) is 1.52. The first-order valence-electron chi connectivity index (χ1n) is 9.05. The Labute approximate surface area is 155 Å². The topological polar surface area (TPSA) is 72.3 Å². The molecule has 0 radical (unpaired) electrons. The predicted octanol–water partition coefficient (Wildman–Crippen LogP) is 2.82. The van der Waals surface area contributed by atoms with Gasteiger partial charge in [-0.05, 0) is 30.7 Å². The van der Waals surface area contributed by atoms with Crippen LogP contribution >= 0.6 is 0 Å². The molecule has 1 saturated heterocycles. The zero-order valence-corrected chi connectivity index (χ0v) is 14.7. The van der Waals surface area contributed by atoms with Crippen molar-refractivity contribution in [2.45, 2.75) is 18.6 Å². The van der Waals surface area contributed by atoms with E-state index in [4.69, 9.17) is 10.7 Å². The monoisotopic (exact) mass is 362 g/mol. The van der Waals surface area contributed by atoms with Gasteiger partial charge < -0.3 is 10.6 Å². The van der Waals surface area contributed by atoms with E-state index in [1.165, 1.54) is 0 Å². The van der Waals surface area contributed by atoms with Gasteiger partial charge in [-0.2, -0.15) is 0 Å². The van der Waals surface area contributed by atoms with Gasteiger partial charge >= 0.3 is 0 Å². The van der Waals surface area contributed by atoms with E-state index >= 15 is 0 Å². The minimum Gasteiger partial charge on any atom is -0.367 e. The zero-order chi connectivity index (χ0) is 18.4. The molecule has 1 fully saturated rings. The van der Waals surface area contributed by atoms with Crippen LogP contribution in [0.2, 0.25) is 0 Å². The molecule has 0 spiro atoms. The molecule has 7 heteroatoms. The second kappa shape index (κ2) is 6.28. The maximum absolute atomic E-state index is 14.2. The summed E-state index contributed by atoms with van der Waals surface area (Å²) < 4.78 is 16.1. The van der Waals surface area contributed by atoms with Crippen LogP contribution in [-0.4, -0.2) is 44.9 Å². The number of alkyl halides is 1. The number of nitrogens with zero attached hydrogens (tertiary/aromatic N) is 5. The summed E-state index contributed by atoms with van der Waals surface area (Å²) in [6.45, 7) is 1.01. The Morgan fingerprint density at radius 2 is 1.96 bits per heavy atom. The molecule has 0 amide bonds. The Hall–Kier alpha value is -3.06. The van der Waals surface area contributed by atoms with Crippen molar-refractivity contribution in [1.29, 1.82) is 0 Å². The van der Waals surface area contributed by atoms with Gasteiger partial charge in [0.2, 0.25) is 0 Å². The van der Waals surface area contributed by atoms with Gasteiger partial charge in [0.25, 0.3) is 0 Å². The number of halogens is 1. The average molecular weight is 362 g/mol. The summed E-state index contributed by atoms with van der Waals surface area (Å²) in [6, 6.07) is 15.3. The van der Waals surface area contributed by atoms with E-state index < -0.39 is 6.17 Å². The van der Waals surface area contributed by atoms with Gasteiger partial charge in [-0.3, -0.25) is 4.40 Å². The third kappa shape index (κ3) is 2.71. The lowest BCUT2D eigenvalue weighted by atomic mass is 10.0. The number of benzene rings is 1. The number of hydrogen-bond acceptors (Lipinski definition) is 5. The van der Waals surface area contributed by atoms with E-state index in [1.807, 2.05) is 64.0 Å². The number of rotatable bonds is 2. The molecular formula is C20H19FN6. The number of aromatic nitrogens is 4. The highest BCUT2D eigenvalue weighted by molar-refractivity contribution is 5.92. The number of fused-ring (bicyclic) bond motifs is 2. The first kappa shape index (κ1) is 16.1. The molecular weight excluding hydrogens is 343 g/mol. The summed E-state index contributed by atoms with van der Waals surface area (Å²) in [7, 11) is 0. The Balaban J connectivity index is 1.63. The predicted molar refractivity (Wildman–Crippen MR) is 103 cm³/mol. The third-order valence-corrected chi connectivity index (χ3v) is 5.17. The van der Waals surface area contributed by atoms with Gasteiger partial charge in [-0.15, -0.1) is 10.2 Å². The van der Waals surface area contributed by atoms with Gasteiger partial charge in [-0.25, -0.2) is 9.37 Å². The minimum atomic E-state index is -1.03. The molecule has 4 aromatic rings. The van der Waals surface area contributed by atoms with Crippen molar-refractivity contribution in [2.24, 2.45) is 5.73 Å². The molecule has 6 nitrogen and oxygen atoms in total. The van der Waals surface area contributed by atoms with Crippen molar-refractivity contribution in [2.75, 3.05) is 18.0 Å². The average Bonchev–Trinajstić information content (AvgIpc) is 3.13. The highest BCUT2D eigenvalue weighted by Gasteiger charge is 2.27. The summed E-state index contributed by atoms with van der Waals surface area (Å²) in [5, 5.41) is 9.51. The Bertz CT molecular complexity index is 1120. The molecule has 27 heavy (non-hydrogen) atoms. The molecule has 1 aromatic carbocycles. The summed E-state index contributed by atoms with van der Waals surface area (Å²) >= 11 is 0. The molecule has 4 heterocycles. The molecule has 1 aliphatic rings. The molecule has 1 aliphatic heterocycles. The normalized spacial score (nSPS) is 20.4. The van der Waals surface area contributed by atoms with Crippen LogP contribution in [0.3, 0.4) is 0 Å². The number of piperidine rings is 1. The van der Waals surface area contributed by atoms with Gasteiger partial charge in [-0.1, -0.05) is 24.3 Å². The quantitative estimate of drug-likeness (QED) is 0.594. The smallest absolute Gasteiger partial charge is 0.187 e. The van der Waals surface area contributed by atoms with Crippen LogP contribution < -0.4 is 10.6 Å². The minimum absolute atomic E-state index is 0.292. The second-order valence-electron chi connectivity index (χ2n) is 6.91. The largest absolute Gasteiger partial charge is 0.367 e. The van der Waals surface area contributed by atoms with Crippen LogP contribution in [-0.2, 0) is 0 Å². The first-order valence-corrected chi connectivity index (χ1v) is 9.05. The molecule has 0 unspecified atom stereocenters. The second-order valence-corrected chi connectivity index (χ2v) is 6.91. The maximum Gasteiger partial charge on any atom is 0.187 e. The van der Waals surface area contributed by atoms with Crippen molar-refractivity contribution in [3.63, 3.8) is 0 Å². The van der Waals surface area contributed by atoms with Crippen LogP contribution in [0.4, 0.5) is 10.1 Å². The van der Waals surface area contributed by atoms with E-state index in [-0.39, 0.29) is 6.04 Å². The molecule has 2 N–H and O–H groups in total. The van der Waals surface area contributed by atoms with Crippen molar-refractivity contribution in [3.8, 4) is 11.5 Å². The van der Waals surface area contributed by atoms with E-state index in [0.717, 1.165) is 34.5 Å². The molecule has 0 bridgehead atoms. The lowest BCUT2D eigenvalue weighted by Crippen LogP contribution is -2.48. The Morgan fingerprint density at radius 3 is 2.85 bits per heavy atom. The number of anilines is 1. The fraction of sp³-hybridized carbons (Fsp3) is 0.250. The van der Waals surface area contributed by atoms with Gasteiger partial charge in [0.15, 0.2) is 11.5 Å². The van der Waals surface area contributed by atoms with Crippen LogP contribution in [0.25, 0.3) is 28.1 Å². The molecule has 0 saturated carbocycles. The highest BCUT2D eigenvalue weighted by atomic mass is 19.1. The summed E-state index contributed by atoms with van der Waals surface area (Å²) in [5.74, 6) is 0.686. The van der Waals surface area contributed by atoms with Crippen LogP contribution in [0.15, 0.2) is 54.7 Å². The van der Waals surface area contributed by atoms with Crippen molar-refractivity contribution < 1.29 is 4.39 Å². The number of pyridine rings is 2.